The SMILES string of the molecule is N#Cc1cccc(-c2cnc(C(=O)N3CCC(N)CC3)cn2)c1Cl. The fourth-order valence-corrected chi connectivity index (χ4v) is 2.92. The Balaban J connectivity index is 1.81. The fourth-order valence-electron chi connectivity index (χ4n) is 2.66. The van der Waals surface area contributed by atoms with Crippen LogP contribution in [-0.2, 0) is 0 Å². The van der Waals surface area contributed by atoms with Crippen LogP contribution in [0.5, 0.6) is 0 Å². The number of aromatic nitrogens is 2. The molecule has 1 aliphatic rings. The van der Waals surface area contributed by atoms with Crippen LogP contribution in [0.3, 0.4) is 0 Å². The van der Waals surface area contributed by atoms with Gasteiger partial charge >= 0.3 is 0 Å². The predicted molar refractivity (Wildman–Crippen MR) is 90.3 cm³/mol. The summed E-state index contributed by atoms with van der Waals surface area (Å²) in [7, 11) is 0. The van der Waals surface area contributed by atoms with Crippen molar-refractivity contribution in [3.63, 3.8) is 0 Å². The number of halogens is 1. The molecule has 3 rings (SSSR count). The number of nitriles is 1. The molecule has 6 nitrogen and oxygen atoms in total. The van der Waals surface area contributed by atoms with E-state index in [0.29, 0.717) is 40.6 Å². The second-order valence-electron chi connectivity index (χ2n) is 5.70. The number of amides is 1. The van der Waals surface area contributed by atoms with Crippen molar-refractivity contribution in [2.45, 2.75) is 18.9 Å². The molecular formula is C17H16ClN5O. The van der Waals surface area contributed by atoms with Crippen LogP contribution in [0.25, 0.3) is 11.3 Å². The van der Waals surface area contributed by atoms with Crippen molar-refractivity contribution in [2.75, 3.05) is 13.1 Å². The van der Waals surface area contributed by atoms with Gasteiger partial charge in [-0.3, -0.25) is 9.78 Å². The highest BCUT2D eigenvalue weighted by molar-refractivity contribution is 6.34. The number of rotatable bonds is 2. The quantitative estimate of drug-likeness (QED) is 0.903. The summed E-state index contributed by atoms with van der Waals surface area (Å²) in [5.74, 6) is -0.141. The zero-order valence-corrected chi connectivity index (χ0v) is 13.7. The van der Waals surface area contributed by atoms with E-state index in [1.54, 1.807) is 23.1 Å². The summed E-state index contributed by atoms with van der Waals surface area (Å²) < 4.78 is 0. The summed E-state index contributed by atoms with van der Waals surface area (Å²) in [6, 6.07) is 7.33. The Labute approximate surface area is 144 Å². The fraction of sp³-hybridized carbons (Fsp3) is 0.294. The summed E-state index contributed by atoms with van der Waals surface area (Å²) in [6.45, 7) is 1.28. The van der Waals surface area contributed by atoms with E-state index in [4.69, 9.17) is 22.6 Å². The lowest BCUT2D eigenvalue weighted by atomic mass is 10.1. The van der Waals surface area contributed by atoms with Crippen molar-refractivity contribution in [1.82, 2.24) is 14.9 Å². The molecule has 7 heteroatoms. The standard InChI is InChI=1S/C17H16ClN5O/c18-16-11(8-19)2-1-3-13(16)14-9-22-15(10-21-14)17(24)23-6-4-12(20)5-7-23/h1-3,9-10,12H,4-7,20H2. The molecule has 1 aromatic carbocycles. The van der Waals surface area contributed by atoms with Crippen LogP contribution < -0.4 is 5.73 Å². The number of carbonyl (C=O) groups excluding carboxylic acids is 1. The molecule has 1 fully saturated rings. The molecule has 0 atom stereocenters. The van der Waals surface area contributed by atoms with Crippen molar-refractivity contribution in [2.24, 2.45) is 5.73 Å². The summed E-state index contributed by atoms with van der Waals surface area (Å²) in [4.78, 5) is 22.7. The molecule has 2 heterocycles. The van der Waals surface area contributed by atoms with Gasteiger partial charge in [-0.05, 0) is 18.9 Å². The maximum atomic E-state index is 12.4. The zero-order valence-electron chi connectivity index (χ0n) is 12.9. The van der Waals surface area contributed by atoms with Gasteiger partial charge < -0.3 is 10.6 Å². The molecule has 2 N–H and O–H groups in total. The minimum atomic E-state index is -0.141. The minimum absolute atomic E-state index is 0.141. The van der Waals surface area contributed by atoms with E-state index in [0.717, 1.165) is 12.8 Å². The number of benzene rings is 1. The van der Waals surface area contributed by atoms with Crippen molar-refractivity contribution in [3.05, 3.63) is 46.9 Å². The Hall–Kier alpha value is -2.49. The highest BCUT2D eigenvalue weighted by Gasteiger charge is 2.23. The molecule has 0 radical (unpaired) electrons. The number of carbonyl (C=O) groups is 1. The van der Waals surface area contributed by atoms with Gasteiger partial charge in [0, 0.05) is 24.7 Å². The molecule has 24 heavy (non-hydrogen) atoms. The number of likely N-dealkylation sites (tertiary alicyclic amines) is 1. The van der Waals surface area contributed by atoms with E-state index >= 15 is 0 Å². The first-order valence-corrected chi connectivity index (χ1v) is 8.04. The Morgan fingerprint density at radius 1 is 1.29 bits per heavy atom. The number of nitrogens with two attached hydrogens (primary N) is 1. The van der Waals surface area contributed by atoms with E-state index in [1.165, 1.54) is 12.4 Å². The number of hydrogen-bond donors (Lipinski definition) is 1. The molecule has 0 bridgehead atoms. The molecule has 0 unspecified atom stereocenters. The summed E-state index contributed by atoms with van der Waals surface area (Å²) in [5.41, 5.74) is 7.66. The summed E-state index contributed by atoms with van der Waals surface area (Å²) in [5, 5.41) is 9.37. The van der Waals surface area contributed by atoms with Crippen LogP contribution in [-0.4, -0.2) is 39.9 Å². The Morgan fingerprint density at radius 3 is 2.67 bits per heavy atom. The molecule has 0 aliphatic carbocycles. The van der Waals surface area contributed by atoms with Crippen LogP contribution in [0.4, 0.5) is 0 Å². The third-order valence-electron chi connectivity index (χ3n) is 4.09. The van der Waals surface area contributed by atoms with Gasteiger partial charge in [-0.1, -0.05) is 23.7 Å². The lowest BCUT2D eigenvalue weighted by Crippen LogP contribution is -2.43. The molecule has 1 saturated heterocycles. The van der Waals surface area contributed by atoms with Gasteiger partial charge in [0.2, 0.25) is 0 Å². The summed E-state index contributed by atoms with van der Waals surface area (Å²) in [6.07, 6.45) is 4.55. The monoisotopic (exact) mass is 341 g/mol. The van der Waals surface area contributed by atoms with E-state index in [1.807, 2.05) is 6.07 Å². The van der Waals surface area contributed by atoms with Crippen LogP contribution >= 0.6 is 11.6 Å². The predicted octanol–water partition coefficient (Wildman–Crippen LogP) is 2.23. The average molecular weight is 342 g/mol. The van der Waals surface area contributed by atoms with Crippen molar-refractivity contribution >= 4 is 17.5 Å². The number of piperidine rings is 1. The van der Waals surface area contributed by atoms with E-state index < -0.39 is 0 Å². The van der Waals surface area contributed by atoms with Gasteiger partial charge in [0.15, 0.2) is 0 Å². The lowest BCUT2D eigenvalue weighted by Gasteiger charge is -2.29. The second kappa shape index (κ2) is 6.95. The van der Waals surface area contributed by atoms with E-state index in [2.05, 4.69) is 9.97 Å². The number of nitrogens with zero attached hydrogens (tertiary/aromatic N) is 4. The Bertz CT molecular complexity index is 792. The van der Waals surface area contributed by atoms with Crippen LogP contribution in [0, 0.1) is 11.3 Å². The van der Waals surface area contributed by atoms with Crippen LogP contribution in [0.15, 0.2) is 30.6 Å². The Morgan fingerprint density at radius 2 is 2.04 bits per heavy atom. The van der Waals surface area contributed by atoms with E-state index in [-0.39, 0.29) is 11.9 Å². The third kappa shape index (κ3) is 3.23. The van der Waals surface area contributed by atoms with Crippen LogP contribution in [0.1, 0.15) is 28.9 Å². The molecule has 0 spiro atoms. The maximum absolute atomic E-state index is 12.4. The molecule has 1 aromatic heterocycles. The van der Waals surface area contributed by atoms with Gasteiger partial charge in [-0.2, -0.15) is 5.26 Å². The van der Waals surface area contributed by atoms with Crippen molar-refractivity contribution < 1.29 is 4.79 Å². The van der Waals surface area contributed by atoms with Crippen molar-refractivity contribution in [3.8, 4) is 17.3 Å². The average Bonchev–Trinajstić information content (AvgIpc) is 2.62. The van der Waals surface area contributed by atoms with Crippen molar-refractivity contribution in [1.29, 1.82) is 5.26 Å². The summed E-state index contributed by atoms with van der Waals surface area (Å²) >= 11 is 6.20. The van der Waals surface area contributed by atoms with E-state index in [9.17, 15) is 4.79 Å². The highest BCUT2D eigenvalue weighted by atomic mass is 35.5. The van der Waals surface area contributed by atoms with Crippen LogP contribution in [0.2, 0.25) is 5.02 Å². The van der Waals surface area contributed by atoms with Gasteiger partial charge in [-0.25, -0.2) is 4.98 Å². The second-order valence-corrected chi connectivity index (χ2v) is 6.07. The molecule has 1 amide bonds. The first kappa shape index (κ1) is 16.4. The van der Waals surface area contributed by atoms with Gasteiger partial charge in [0.25, 0.3) is 5.91 Å². The largest absolute Gasteiger partial charge is 0.337 e. The highest BCUT2D eigenvalue weighted by Crippen LogP contribution is 2.28. The normalized spacial score (nSPS) is 15.1. The maximum Gasteiger partial charge on any atom is 0.274 e. The smallest absolute Gasteiger partial charge is 0.274 e. The zero-order chi connectivity index (χ0) is 17.1. The minimum Gasteiger partial charge on any atom is -0.337 e. The third-order valence-corrected chi connectivity index (χ3v) is 4.50. The molecule has 122 valence electrons. The first-order valence-electron chi connectivity index (χ1n) is 7.66. The van der Waals surface area contributed by atoms with Gasteiger partial charge in [0.1, 0.15) is 11.8 Å². The number of hydrogen-bond acceptors (Lipinski definition) is 5. The first-order chi connectivity index (χ1) is 11.6. The molecule has 0 saturated carbocycles. The molecule has 2 aromatic rings. The van der Waals surface area contributed by atoms with Gasteiger partial charge in [0.05, 0.1) is 28.7 Å². The Kier molecular flexibility index (Phi) is 4.74. The topological polar surface area (TPSA) is 95.9 Å². The molecule has 1 aliphatic heterocycles. The lowest BCUT2D eigenvalue weighted by molar-refractivity contribution is 0.0708. The van der Waals surface area contributed by atoms with Gasteiger partial charge in [-0.15, -0.1) is 0 Å². The molecular weight excluding hydrogens is 326 g/mol.